The number of hydrogen-bond donors (Lipinski definition) is 0. The van der Waals surface area contributed by atoms with Crippen molar-refractivity contribution in [3.05, 3.63) is 181 Å². The number of furan rings is 1. The number of pyridine rings is 1. The Kier molecular flexibility index (Phi) is 13.7. The van der Waals surface area contributed by atoms with Crippen LogP contribution in [0.15, 0.2) is 132 Å². The first-order valence-corrected chi connectivity index (χ1v) is 29.7. The van der Waals surface area contributed by atoms with Gasteiger partial charge < -0.3 is 8.98 Å². The maximum absolute atomic E-state index is 15.5. The summed E-state index contributed by atoms with van der Waals surface area (Å²) in [4.78, 5) is 5.16. The summed E-state index contributed by atoms with van der Waals surface area (Å²) in [6.45, 7) is 19.6. The minimum Gasteiger partial charge on any atom is -0.343 e. The van der Waals surface area contributed by atoms with Gasteiger partial charge in [0.25, 0.3) is 0 Å². The summed E-state index contributed by atoms with van der Waals surface area (Å²) in [6.07, 6.45) is 2.10. The molecule has 66 heavy (non-hydrogen) atoms. The average molecular weight is 1110 g/mol. The van der Waals surface area contributed by atoms with E-state index in [1.807, 2.05) is 41.0 Å². The van der Waals surface area contributed by atoms with E-state index in [0.29, 0.717) is 38.9 Å². The van der Waals surface area contributed by atoms with E-state index in [-0.39, 0.29) is 37.4 Å². The van der Waals surface area contributed by atoms with Gasteiger partial charge in [-0.25, -0.2) is 0 Å². The molecule has 5 nitrogen and oxygen atoms in total. The second-order valence-electron chi connectivity index (χ2n) is 19.7. The van der Waals surface area contributed by atoms with Crippen LogP contribution in [-0.2, 0) is 25.5 Å². The van der Waals surface area contributed by atoms with Crippen molar-refractivity contribution in [2.24, 2.45) is 0 Å². The number of halogens is 1. The van der Waals surface area contributed by atoms with Crippen LogP contribution < -0.4 is 8.96 Å². The molecule has 0 aliphatic carbocycles. The van der Waals surface area contributed by atoms with E-state index in [2.05, 4.69) is 163 Å². The summed E-state index contributed by atoms with van der Waals surface area (Å²) in [6, 6.07) is 46.2. The van der Waals surface area contributed by atoms with Crippen molar-refractivity contribution in [1.29, 1.82) is 5.26 Å². The van der Waals surface area contributed by atoms with Gasteiger partial charge >= 0.3 is 221 Å². The molecule has 8 heteroatoms. The van der Waals surface area contributed by atoms with Gasteiger partial charge in [-0.05, 0) is 28.5 Å². The summed E-state index contributed by atoms with van der Waals surface area (Å²) in [5, 5.41) is 10.5. The Bertz CT molecular complexity index is 3260. The van der Waals surface area contributed by atoms with Crippen LogP contribution in [0.2, 0.25) is 17.3 Å². The van der Waals surface area contributed by atoms with Crippen molar-refractivity contribution in [3.63, 3.8) is 0 Å². The van der Waals surface area contributed by atoms with Crippen LogP contribution >= 0.6 is 0 Å². The number of imidazole rings is 1. The number of aromatic nitrogens is 3. The van der Waals surface area contributed by atoms with Gasteiger partial charge in [0, 0.05) is 18.3 Å². The van der Waals surface area contributed by atoms with Crippen molar-refractivity contribution in [1.82, 2.24) is 9.55 Å². The number of para-hydroxylation sites is 2. The van der Waals surface area contributed by atoms with Gasteiger partial charge in [-0.3, -0.25) is 4.39 Å². The molecule has 3 heterocycles. The van der Waals surface area contributed by atoms with Crippen LogP contribution in [0.5, 0.6) is 0 Å². The Balaban J connectivity index is 0.000000287. The third-order valence-electron chi connectivity index (χ3n) is 12.3. The SMILES string of the molecule is CC(C)c1cc(-c2cc[c]([Ge]([CH3])([CH3])[CH3])cc2)cc(C(C)C)c1-n1c(-c2[c-]cc(F)c3c2oc2cc(C#N)ccc23)nc2ccccc21.[CH2-]c1ccccc1-c1ccc(C(C)(C)C)c[n+]1[CH2-].[Ir+3]. The molecule has 0 saturated carbocycles. The van der Waals surface area contributed by atoms with Crippen LogP contribution in [0.3, 0.4) is 0 Å². The second kappa shape index (κ2) is 18.8. The van der Waals surface area contributed by atoms with E-state index >= 15 is 4.39 Å². The summed E-state index contributed by atoms with van der Waals surface area (Å²) < 4.78 is 27.5. The largest absolute Gasteiger partial charge is 3.00 e. The van der Waals surface area contributed by atoms with E-state index in [1.54, 1.807) is 18.2 Å². The van der Waals surface area contributed by atoms with Gasteiger partial charge in [0.2, 0.25) is 0 Å². The molecule has 0 radical (unpaired) electrons. The zero-order chi connectivity index (χ0) is 46.5. The van der Waals surface area contributed by atoms with Gasteiger partial charge in [-0.15, -0.1) is 23.8 Å². The summed E-state index contributed by atoms with van der Waals surface area (Å²) in [7, 11) is 4.10. The maximum Gasteiger partial charge on any atom is 3.00 e. The Labute approximate surface area is 406 Å². The monoisotopic (exact) mass is 1110 g/mol. The Hall–Kier alpha value is -5.91. The van der Waals surface area contributed by atoms with Crippen LogP contribution in [0.25, 0.3) is 72.4 Å². The van der Waals surface area contributed by atoms with E-state index in [1.165, 1.54) is 38.3 Å². The number of rotatable bonds is 7. The van der Waals surface area contributed by atoms with E-state index in [0.717, 1.165) is 33.5 Å². The first-order valence-electron chi connectivity index (χ1n) is 22.4. The molecule has 0 aliphatic heterocycles. The van der Waals surface area contributed by atoms with Crippen molar-refractivity contribution in [2.45, 2.75) is 83.0 Å². The molecule has 0 bridgehead atoms. The van der Waals surface area contributed by atoms with Gasteiger partial charge in [0.1, 0.15) is 5.58 Å². The smallest absolute Gasteiger partial charge is 0.343 e. The predicted molar refractivity (Wildman–Crippen MR) is 270 cm³/mol. The van der Waals surface area contributed by atoms with E-state index < -0.39 is 19.1 Å². The predicted octanol–water partition coefficient (Wildman–Crippen LogP) is 14.6. The normalized spacial score (nSPS) is 11.8. The Morgan fingerprint density at radius 3 is 2.09 bits per heavy atom. The topological polar surface area (TPSA) is 58.6 Å². The van der Waals surface area contributed by atoms with Crippen molar-refractivity contribution in [3.8, 4) is 45.5 Å². The van der Waals surface area contributed by atoms with E-state index in [9.17, 15) is 5.26 Å². The fraction of sp³-hybridized carbons (Fsp3) is 0.224. The number of fused-ring (bicyclic) bond motifs is 4. The minimum atomic E-state index is -1.95. The first kappa shape index (κ1) is 48.0. The molecule has 6 aromatic carbocycles. The molecular formula is C58H57FGeIrN4O+. The molecule has 9 aromatic rings. The standard InChI is InChI=1S/C41H37FGeN3O.C17H20N.Ir/c1-24(2)32-21-28(27-13-15-29(16-14-27)43(5,6)7)22-33(25(3)4)39(32)46-36-11-9-8-10-35(36)45-41(46)31-18-19-34(42)38-30-17-12-26(23-44)20-37(30)47-40(31)38;1-13-8-6-7-9-15(13)16-11-10-14(12-18(16)5)17(2,3)4;/h8-17,19-22,24-25H,1-7H3;6-12H,1,5H2,2-4H3;/q2*-1;+3. The number of hydrogen-bond acceptors (Lipinski definition) is 3. The van der Waals surface area contributed by atoms with Crippen molar-refractivity contribution in [2.75, 3.05) is 0 Å². The zero-order valence-corrected chi connectivity index (χ0v) is 44.1. The van der Waals surface area contributed by atoms with Crippen LogP contribution in [0.1, 0.15) is 88.1 Å². The summed E-state index contributed by atoms with van der Waals surface area (Å²) in [5.41, 5.74) is 14.2. The Morgan fingerprint density at radius 2 is 1.48 bits per heavy atom. The average Bonchev–Trinajstić information content (AvgIpc) is 3.85. The molecule has 3 aromatic heterocycles. The molecule has 334 valence electrons. The third-order valence-corrected chi connectivity index (χ3v) is 16.7. The third kappa shape index (κ3) is 9.25. The van der Waals surface area contributed by atoms with Crippen LogP contribution in [0.4, 0.5) is 4.39 Å². The quantitative estimate of drug-likeness (QED) is 0.0908. The molecule has 0 N–H and O–H groups in total. The molecule has 0 unspecified atom stereocenters. The Morgan fingerprint density at radius 1 is 0.833 bits per heavy atom. The van der Waals surface area contributed by atoms with Gasteiger partial charge in [0.15, 0.2) is 0 Å². The van der Waals surface area contributed by atoms with Gasteiger partial charge in [0.05, 0.1) is 23.5 Å². The molecule has 9 rings (SSSR count). The van der Waals surface area contributed by atoms with Crippen LogP contribution in [0, 0.1) is 37.2 Å². The molecule has 0 aliphatic rings. The molecule has 0 fully saturated rings. The van der Waals surface area contributed by atoms with Crippen molar-refractivity contribution < 1.29 is 33.5 Å². The first-order chi connectivity index (χ1) is 30.8. The second-order valence-corrected chi connectivity index (χ2v) is 30.4. The minimum absolute atomic E-state index is 0. The van der Waals surface area contributed by atoms with Gasteiger partial charge in [-0.2, -0.15) is 23.8 Å². The number of benzene rings is 6. The molecule has 0 amide bonds. The molecule has 0 saturated heterocycles. The molecule has 0 atom stereocenters. The fourth-order valence-electron chi connectivity index (χ4n) is 8.59. The summed E-state index contributed by atoms with van der Waals surface area (Å²) >= 11 is -1.95. The number of nitrogens with zero attached hydrogens (tertiary/aromatic N) is 4. The van der Waals surface area contributed by atoms with Crippen molar-refractivity contribution >= 4 is 50.6 Å². The maximum atomic E-state index is 15.5. The fourth-order valence-corrected chi connectivity index (χ4v) is 11.0. The summed E-state index contributed by atoms with van der Waals surface area (Å²) in [5.74, 6) is 7.88. The van der Waals surface area contributed by atoms with Crippen LogP contribution in [-0.4, -0.2) is 22.8 Å². The zero-order valence-electron chi connectivity index (χ0n) is 39.6. The van der Waals surface area contributed by atoms with Gasteiger partial charge in [-0.1, -0.05) is 51.1 Å². The molecular weight excluding hydrogens is 1050 g/mol. The number of nitriles is 1. The van der Waals surface area contributed by atoms with E-state index in [4.69, 9.17) is 9.40 Å². The molecule has 0 spiro atoms.